The predicted molar refractivity (Wildman–Crippen MR) is 78.6 cm³/mol. The third kappa shape index (κ3) is 4.03. The zero-order chi connectivity index (χ0) is 20.7. The van der Waals surface area contributed by atoms with Gasteiger partial charge in [0.25, 0.3) is 0 Å². The van der Waals surface area contributed by atoms with Gasteiger partial charge in [0, 0.05) is 6.08 Å². The van der Waals surface area contributed by atoms with Crippen LogP contribution in [-0.4, -0.2) is 19.3 Å². The number of carbonyl (C=O) groups excluding carboxylic acids is 1. The average Bonchev–Trinajstić information content (AvgIpc) is 3.12. The average molecular weight is 400 g/mol. The van der Waals surface area contributed by atoms with E-state index in [1.165, 1.54) is 13.8 Å². The molecule has 1 fully saturated rings. The summed E-state index contributed by atoms with van der Waals surface area (Å²) in [5.41, 5.74) is -2.04. The first-order valence-corrected chi connectivity index (χ1v) is 7.64. The molecule has 0 aliphatic heterocycles. The molecule has 1 aromatic carbocycles. The van der Waals surface area contributed by atoms with Gasteiger partial charge in [-0.2, -0.15) is 22.0 Å². The number of ether oxygens (including phenoxy) is 2. The lowest BCUT2D eigenvalue weighted by atomic mass is 10.1. The van der Waals surface area contributed by atoms with E-state index in [9.17, 15) is 35.5 Å². The summed E-state index contributed by atoms with van der Waals surface area (Å²) in [4.78, 5) is 12.1. The number of hydrogen-bond donors (Lipinski definition) is 0. The highest BCUT2D eigenvalue weighted by Crippen LogP contribution is 2.59. The number of methoxy groups -OCH3 is 1. The number of esters is 1. The van der Waals surface area contributed by atoms with Gasteiger partial charge in [0.15, 0.2) is 17.4 Å². The van der Waals surface area contributed by atoms with Gasteiger partial charge in [-0.3, -0.25) is 4.79 Å². The van der Waals surface area contributed by atoms with E-state index in [0.29, 0.717) is 0 Å². The van der Waals surface area contributed by atoms with Crippen LogP contribution in [0.4, 0.5) is 30.7 Å². The maximum atomic E-state index is 13.8. The minimum atomic E-state index is -4.56. The summed E-state index contributed by atoms with van der Waals surface area (Å²) in [5.74, 6) is -11.3. The molecule has 2 rings (SSSR count). The highest BCUT2D eigenvalue weighted by atomic mass is 19.4. The molecule has 27 heavy (non-hydrogen) atoms. The molecule has 1 aromatic rings. The molecule has 10 heteroatoms. The highest BCUT2D eigenvalue weighted by Gasteiger charge is 2.61. The largest absolute Gasteiger partial charge is 0.491 e. The van der Waals surface area contributed by atoms with Crippen molar-refractivity contribution in [2.75, 3.05) is 7.11 Å². The molecule has 150 valence electrons. The van der Waals surface area contributed by atoms with Crippen LogP contribution in [0.25, 0.3) is 0 Å². The van der Waals surface area contributed by atoms with Gasteiger partial charge in [-0.15, -0.1) is 0 Å². The van der Waals surface area contributed by atoms with Crippen molar-refractivity contribution in [1.82, 2.24) is 0 Å². The van der Waals surface area contributed by atoms with Crippen LogP contribution in [0.15, 0.2) is 12.2 Å². The van der Waals surface area contributed by atoms with E-state index >= 15 is 0 Å². The fraction of sp³-hybridized carbons (Fsp3) is 0.471. The molecule has 3 nitrogen and oxygen atoms in total. The van der Waals surface area contributed by atoms with Gasteiger partial charge in [0.1, 0.15) is 6.61 Å². The number of carbonyl (C=O) groups is 1. The Balaban J connectivity index is 2.14. The van der Waals surface area contributed by atoms with Gasteiger partial charge in [0.05, 0.1) is 18.6 Å². The zero-order valence-corrected chi connectivity index (χ0v) is 14.4. The van der Waals surface area contributed by atoms with Crippen molar-refractivity contribution in [2.45, 2.75) is 26.6 Å². The van der Waals surface area contributed by atoms with Crippen LogP contribution in [0.3, 0.4) is 0 Å². The normalized spacial score (nSPS) is 21.4. The van der Waals surface area contributed by atoms with Crippen LogP contribution in [0, 0.1) is 40.5 Å². The zero-order valence-electron chi connectivity index (χ0n) is 14.4. The maximum absolute atomic E-state index is 13.8. The van der Waals surface area contributed by atoms with E-state index in [0.717, 1.165) is 13.2 Å². The summed E-state index contributed by atoms with van der Waals surface area (Å²) in [5, 5.41) is 0. The molecule has 1 saturated carbocycles. The molecule has 0 aromatic heterocycles. The first kappa shape index (κ1) is 21.0. The molecule has 2 atom stereocenters. The lowest BCUT2D eigenvalue weighted by Gasteiger charge is -2.11. The number of allylic oxidation sites excluding steroid dienone is 2. The van der Waals surface area contributed by atoms with E-state index < -0.39 is 70.6 Å². The van der Waals surface area contributed by atoms with Crippen LogP contribution in [-0.2, 0) is 16.1 Å². The Bertz CT molecular complexity index is 755. The molecule has 0 bridgehead atoms. The second-order valence-corrected chi connectivity index (χ2v) is 6.60. The molecule has 0 saturated heterocycles. The first-order chi connectivity index (χ1) is 12.3. The Hall–Kier alpha value is -2.26. The van der Waals surface area contributed by atoms with E-state index in [2.05, 4.69) is 9.47 Å². The lowest BCUT2D eigenvalue weighted by molar-refractivity contribution is -0.147. The van der Waals surface area contributed by atoms with E-state index in [4.69, 9.17) is 0 Å². The van der Waals surface area contributed by atoms with Crippen molar-refractivity contribution in [3.8, 4) is 5.75 Å². The molecule has 2 unspecified atom stereocenters. The highest BCUT2D eigenvalue weighted by molar-refractivity contribution is 5.78. The van der Waals surface area contributed by atoms with Gasteiger partial charge in [0.2, 0.25) is 11.6 Å². The van der Waals surface area contributed by atoms with Crippen molar-refractivity contribution in [1.29, 1.82) is 0 Å². The van der Waals surface area contributed by atoms with Crippen LogP contribution in [0.2, 0.25) is 0 Å². The van der Waals surface area contributed by atoms with Crippen molar-refractivity contribution < 1.29 is 45.0 Å². The minimum absolute atomic E-state index is 0.0136. The molecule has 1 aliphatic carbocycles. The molecule has 1 aliphatic rings. The standard InChI is InChI=1S/C17H15F7O3/c1-16(2)8(4-5-17(22,23)24)9(16)15(25)27-6-7-10(18)12(20)14(26-3)13(21)11(7)19/h4-5,8-9H,6H2,1-3H3. The van der Waals surface area contributed by atoms with Gasteiger partial charge >= 0.3 is 12.1 Å². The Morgan fingerprint density at radius 2 is 1.59 bits per heavy atom. The Labute approximate surface area is 149 Å². The molecular weight excluding hydrogens is 385 g/mol. The summed E-state index contributed by atoms with van der Waals surface area (Å²) in [6, 6.07) is 0. The Kier molecular flexibility index (Phi) is 5.49. The molecule has 0 amide bonds. The summed E-state index contributed by atoms with van der Waals surface area (Å²) < 4.78 is 101. The predicted octanol–water partition coefficient (Wildman–Crippen LogP) is 4.69. The smallest absolute Gasteiger partial charge is 0.409 e. The van der Waals surface area contributed by atoms with Gasteiger partial charge < -0.3 is 9.47 Å². The first-order valence-electron chi connectivity index (χ1n) is 7.64. The SMILES string of the molecule is COc1c(F)c(F)c(COC(=O)C2C(C=CC(F)(F)F)C2(C)C)c(F)c1F. The van der Waals surface area contributed by atoms with Gasteiger partial charge in [-0.25, -0.2) is 8.78 Å². The van der Waals surface area contributed by atoms with Crippen LogP contribution < -0.4 is 4.74 Å². The molecule has 0 spiro atoms. The van der Waals surface area contributed by atoms with Crippen LogP contribution in [0.5, 0.6) is 5.75 Å². The number of alkyl halides is 3. The van der Waals surface area contributed by atoms with Crippen LogP contribution >= 0.6 is 0 Å². The number of hydrogen-bond acceptors (Lipinski definition) is 3. The molecule has 0 N–H and O–H groups in total. The quantitative estimate of drug-likeness (QED) is 0.312. The minimum Gasteiger partial charge on any atom is -0.491 e. The topological polar surface area (TPSA) is 35.5 Å². The van der Waals surface area contributed by atoms with Gasteiger partial charge in [-0.1, -0.05) is 19.9 Å². The number of halogens is 7. The fourth-order valence-corrected chi connectivity index (χ4v) is 2.90. The summed E-state index contributed by atoms with van der Waals surface area (Å²) in [7, 11) is 0.809. The van der Waals surface area contributed by atoms with E-state index in [1.807, 2.05) is 0 Å². The summed E-state index contributed by atoms with van der Waals surface area (Å²) >= 11 is 0. The summed E-state index contributed by atoms with van der Waals surface area (Å²) in [6.07, 6.45) is -3.77. The van der Waals surface area contributed by atoms with Crippen molar-refractivity contribution in [3.05, 3.63) is 41.0 Å². The van der Waals surface area contributed by atoms with E-state index in [-0.39, 0.29) is 6.08 Å². The Morgan fingerprint density at radius 3 is 2.04 bits per heavy atom. The molecule has 0 radical (unpaired) electrons. The third-order valence-corrected chi connectivity index (χ3v) is 4.53. The van der Waals surface area contributed by atoms with Crippen molar-refractivity contribution in [3.63, 3.8) is 0 Å². The van der Waals surface area contributed by atoms with Crippen molar-refractivity contribution in [2.24, 2.45) is 17.3 Å². The molecule has 0 heterocycles. The van der Waals surface area contributed by atoms with Crippen LogP contribution in [0.1, 0.15) is 19.4 Å². The summed E-state index contributed by atoms with van der Waals surface area (Å²) in [6.45, 7) is 1.90. The monoisotopic (exact) mass is 400 g/mol. The van der Waals surface area contributed by atoms with Gasteiger partial charge in [-0.05, 0) is 11.3 Å². The second-order valence-electron chi connectivity index (χ2n) is 6.60. The molecular formula is C17H15F7O3. The Morgan fingerprint density at radius 1 is 1.07 bits per heavy atom. The second kappa shape index (κ2) is 7.05. The maximum Gasteiger partial charge on any atom is 0.409 e. The number of benzene rings is 1. The number of rotatable bonds is 5. The fourth-order valence-electron chi connectivity index (χ4n) is 2.90. The van der Waals surface area contributed by atoms with E-state index in [1.54, 1.807) is 0 Å². The lowest BCUT2D eigenvalue weighted by Crippen LogP contribution is -2.14. The van der Waals surface area contributed by atoms with Crippen molar-refractivity contribution >= 4 is 5.97 Å². The third-order valence-electron chi connectivity index (χ3n) is 4.53.